The van der Waals surface area contributed by atoms with Gasteiger partial charge < -0.3 is 15.4 Å². The van der Waals surface area contributed by atoms with Crippen LogP contribution < -0.4 is 10.5 Å². The number of nitrogens with zero attached hydrogens (tertiary/aromatic N) is 1. The van der Waals surface area contributed by atoms with Crippen molar-refractivity contribution in [2.45, 2.75) is 38.6 Å². The second-order valence-corrected chi connectivity index (χ2v) is 6.05. The molecule has 1 aliphatic rings. The van der Waals surface area contributed by atoms with Gasteiger partial charge in [-0.2, -0.15) is 0 Å². The molecular formula is C16H24N2OS. The maximum Gasteiger partial charge on any atom is 0.122 e. The van der Waals surface area contributed by atoms with Gasteiger partial charge in [-0.25, -0.2) is 0 Å². The van der Waals surface area contributed by atoms with E-state index in [9.17, 15) is 0 Å². The number of thiocarbonyl (C=S) groups is 1. The zero-order chi connectivity index (χ0) is 14.5. The Labute approximate surface area is 127 Å². The summed E-state index contributed by atoms with van der Waals surface area (Å²) in [5, 5.41) is 0. The van der Waals surface area contributed by atoms with Crippen molar-refractivity contribution < 1.29 is 4.74 Å². The fraction of sp³-hybridized carbons (Fsp3) is 0.562. The molecule has 4 heteroatoms. The van der Waals surface area contributed by atoms with Crippen LogP contribution in [-0.4, -0.2) is 36.1 Å². The third-order valence-corrected chi connectivity index (χ3v) is 4.34. The minimum Gasteiger partial charge on any atom is -0.493 e. The number of likely N-dealkylation sites (tertiary alicyclic amines) is 1. The van der Waals surface area contributed by atoms with Crippen molar-refractivity contribution in [3.05, 3.63) is 29.3 Å². The second-order valence-electron chi connectivity index (χ2n) is 5.61. The molecule has 3 nitrogen and oxygen atoms in total. The van der Waals surface area contributed by atoms with Crippen molar-refractivity contribution in [2.75, 3.05) is 20.2 Å². The number of ether oxygens (including phenoxy) is 1. The highest BCUT2D eigenvalue weighted by molar-refractivity contribution is 7.80. The molecule has 1 heterocycles. The van der Waals surface area contributed by atoms with Gasteiger partial charge in [-0.05, 0) is 51.4 Å². The Morgan fingerprint density at radius 2 is 2.25 bits per heavy atom. The Kier molecular flexibility index (Phi) is 5.38. The first-order chi connectivity index (χ1) is 9.58. The smallest absolute Gasteiger partial charge is 0.122 e. The molecule has 0 saturated carbocycles. The number of hydrogen-bond donors (Lipinski definition) is 1. The van der Waals surface area contributed by atoms with Crippen LogP contribution >= 0.6 is 12.2 Å². The molecule has 2 rings (SSSR count). The lowest BCUT2D eigenvalue weighted by Crippen LogP contribution is -2.37. The van der Waals surface area contributed by atoms with E-state index >= 15 is 0 Å². The molecule has 1 aromatic rings. The molecule has 1 fully saturated rings. The largest absolute Gasteiger partial charge is 0.493 e. The van der Waals surface area contributed by atoms with Crippen LogP contribution in [0.3, 0.4) is 0 Å². The Morgan fingerprint density at radius 1 is 1.45 bits per heavy atom. The minimum absolute atomic E-state index is 0.418. The number of hydrogen-bond acceptors (Lipinski definition) is 3. The fourth-order valence-electron chi connectivity index (χ4n) is 2.72. The third kappa shape index (κ3) is 3.93. The van der Waals surface area contributed by atoms with E-state index in [-0.39, 0.29) is 0 Å². The van der Waals surface area contributed by atoms with E-state index < -0.39 is 0 Å². The molecule has 20 heavy (non-hydrogen) atoms. The summed E-state index contributed by atoms with van der Waals surface area (Å²) in [4.78, 5) is 2.87. The lowest BCUT2D eigenvalue weighted by atomic mass is 10.0. The second kappa shape index (κ2) is 7.04. The lowest BCUT2D eigenvalue weighted by molar-refractivity contribution is 0.153. The first-order valence-corrected chi connectivity index (χ1v) is 7.72. The van der Waals surface area contributed by atoms with E-state index in [2.05, 4.69) is 11.9 Å². The van der Waals surface area contributed by atoms with Crippen LogP contribution in [0.1, 0.15) is 36.8 Å². The van der Waals surface area contributed by atoms with Crippen molar-refractivity contribution in [3.63, 3.8) is 0 Å². The van der Waals surface area contributed by atoms with E-state index in [0.717, 1.165) is 29.9 Å². The molecule has 0 amide bonds. The van der Waals surface area contributed by atoms with Crippen LogP contribution in [0.2, 0.25) is 0 Å². The summed E-state index contributed by atoms with van der Waals surface area (Å²) < 4.78 is 5.94. The standard InChI is InChI=1S/C16H24N2OS/c1-12-6-7-13(16(17)20)11-15(12)19-10-8-14-5-3-4-9-18(14)2/h6-7,11,14H,3-5,8-10H2,1-2H3,(H2,17,20). The molecule has 0 spiro atoms. The van der Waals surface area contributed by atoms with Gasteiger partial charge in [0.15, 0.2) is 0 Å². The van der Waals surface area contributed by atoms with E-state index in [1.54, 1.807) is 0 Å². The van der Waals surface area contributed by atoms with Crippen LogP contribution in [0.4, 0.5) is 0 Å². The minimum atomic E-state index is 0.418. The Bertz CT molecular complexity index is 476. The van der Waals surface area contributed by atoms with Crippen LogP contribution in [0, 0.1) is 6.92 Å². The van der Waals surface area contributed by atoms with Gasteiger partial charge in [-0.1, -0.05) is 30.8 Å². The monoisotopic (exact) mass is 292 g/mol. The highest BCUT2D eigenvalue weighted by Gasteiger charge is 2.18. The Hall–Kier alpha value is -1.13. The molecule has 1 unspecified atom stereocenters. The molecule has 1 atom stereocenters. The molecule has 0 bridgehead atoms. The van der Waals surface area contributed by atoms with Gasteiger partial charge in [0.25, 0.3) is 0 Å². The molecular weight excluding hydrogens is 268 g/mol. The average Bonchev–Trinajstić information content (AvgIpc) is 2.42. The normalized spacial score (nSPS) is 19.8. The first kappa shape index (κ1) is 15.3. The molecule has 0 aliphatic carbocycles. The van der Waals surface area contributed by atoms with Gasteiger partial charge in [-0.15, -0.1) is 0 Å². The predicted molar refractivity (Wildman–Crippen MR) is 87.4 cm³/mol. The van der Waals surface area contributed by atoms with Crippen molar-refractivity contribution in [1.29, 1.82) is 0 Å². The summed E-state index contributed by atoms with van der Waals surface area (Å²) in [5.41, 5.74) is 7.66. The van der Waals surface area contributed by atoms with Crippen LogP contribution in [0.15, 0.2) is 18.2 Å². The van der Waals surface area contributed by atoms with Crippen LogP contribution in [-0.2, 0) is 0 Å². The summed E-state index contributed by atoms with van der Waals surface area (Å²) >= 11 is 5.01. The average molecular weight is 292 g/mol. The first-order valence-electron chi connectivity index (χ1n) is 7.31. The van der Waals surface area contributed by atoms with E-state index in [4.69, 9.17) is 22.7 Å². The SMILES string of the molecule is Cc1ccc(C(N)=S)cc1OCCC1CCCCN1C. The van der Waals surface area contributed by atoms with E-state index in [0.29, 0.717) is 11.0 Å². The van der Waals surface area contributed by atoms with E-state index in [1.165, 1.54) is 25.8 Å². The predicted octanol–water partition coefficient (Wildman–Crippen LogP) is 2.88. The maximum atomic E-state index is 5.94. The quantitative estimate of drug-likeness (QED) is 0.847. The van der Waals surface area contributed by atoms with Gasteiger partial charge in [0, 0.05) is 11.6 Å². The molecule has 0 radical (unpaired) electrons. The molecule has 1 saturated heterocycles. The summed E-state index contributed by atoms with van der Waals surface area (Å²) in [6, 6.07) is 6.56. The number of rotatable bonds is 5. The maximum absolute atomic E-state index is 5.94. The van der Waals surface area contributed by atoms with Crippen LogP contribution in [0.25, 0.3) is 0 Å². The number of benzene rings is 1. The number of piperidine rings is 1. The Morgan fingerprint density at radius 3 is 2.95 bits per heavy atom. The van der Waals surface area contributed by atoms with E-state index in [1.807, 2.05) is 25.1 Å². The van der Waals surface area contributed by atoms with Crippen molar-refractivity contribution in [2.24, 2.45) is 5.73 Å². The summed E-state index contributed by atoms with van der Waals surface area (Å²) in [6.07, 6.45) is 5.02. The number of aryl methyl sites for hydroxylation is 1. The molecule has 2 N–H and O–H groups in total. The molecule has 0 aromatic heterocycles. The zero-order valence-corrected chi connectivity index (χ0v) is 13.2. The van der Waals surface area contributed by atoms with Gasteiger partial charge in [0.05, 0.1) is 6.61 Å². The molecule has 1 aromatic carbocycles. The Balaban J connectivity index is 1.90. The van der Waals surface area contributed by atoms with Crippen molar-refractivity contribution in [3.8, 4) is 5.75 Å². The summed E-state index contributed by atoms with van der Waals surface area (Å²) in [7, 11) is 2.21. The highest BCUT2D eigenvalue weighted by atomic mass is 32.1. The highest BCUT2D eigenvalue weighted by Crippen LogP contribution is 2.22. The van der Waals surface area contributed by atoms with Crippen molar-refractivity contribution in [1.82, 2.24) is 4.90 Å². The van der Waals surface area contributed by atoms with Gasteiger partial charge in [0.1, 0.15) is 10.7 Å². The topological polar surface area (TPSA) is 38.5 Å². The zero-order valence-electron chi connectivity index (χ0n) is 12.4. The van der Waals surface area contributed by atoms with Gasteiger partial charge in [0.2, 0.25) is 0 Å². The van der Waals surface area contributed by atoms with Gasteiger partial charge in [-0.3, -0.25) is 0 Å². The molecule has 1 aliphatic heterocycles. The molecule has 110 valence electrons. The van der Waals surface area contributed by atoms with Crippen molar-refractivity contribution >= 4 is 17.2 Å². The fourth-order valence-corrected chi connectivity index (χ4v) is 2.85. The number of nitrogens with two attached hydrogens (primary N) is 1. The third-order valence-electron chi connectivity index (χ3n) is 4.10. The summed E-state index contributed by atoms with van der Waals surface area (Å²) in [6.45, 7) is 4.00. The lowest BCUT2D eigenvalue weighted by Gasteiger charge is -2.32. The van der Waals surface area contributed by atoms with Crippen LogP contribution in [0.5, 0.6) is 5.75 Å². The van der Waals surface area contributed by atoms with Gasteiger partial charge >= 0.3 is 0 Å². The summed E-state index contributed by atoms with van der Waals surface area (Å²) in [5.74, 6) is 0.897.